The van der Waals surface area contributed by atoms with Crippen LogP contribution in [-0.2, 0) is 9.53 Å². The van der Waals surface area contributed by atoms with Gasteiger partial charge in [0.25, 0.3) is 0 Å². The summed E-state index contributed by atoms with van der Waals surface area (Å²) in [6, 6.07) is 6.61. The second kappa shape index (κ2) is 5.30. The van der Waals surface area contributed by atoms with E-state index in [1.54, 1.807) is 11.8 Å². The summed E-state index contributed by atoms with van der Waals surface area (Å²) in [6.07, 6.45) is 2.01. The zero-order valence-corrected chi connectivity index (χ0v) is 12.7. The lowest BCUT2D eigenvalue weighted by Crippen LogP contribution is -2.40. The summed E-state index contributed by atoms with van der Waals surface area (Å²) in [4.78, 5) is 12.6. The highest BCUT2D eigenvalue weighted by Crippen LogP contribution is 2.34. The quantitative estimate of drug-likeness (QED) is 0.879. The number of anilines is 2. The highest BCUT2D eigenvalue weighted by molar-refractivity contribution is 8.00. The second-order valence-corrected chi connectivity index (χ2v) is 7.01. The third-order valence-corrected chi connectivity index (χ3v) is 4.75. The fourth-order valence-corrected chi connectivity index (χ4v) is 3.55. The van der Waals surface area contributed by atoms with Crippen LogP contribution in [0.3, 0.4) is 0 Å². The van der Waals surface area contributed by atoms with Crippen molar-refractivity contribution < 1.29 is 9.53 Å². The summed E-state index contributed by atoms with van der Waals surface area (Å²) in [5.41, 5.74) is 1.92. The van der Waals surface area contributed by atoms with Crippen LogP contribution >= 0.6 is 11.8 Å². The predicted molar refractivity (Wildman–Crippen MR) is 82.5 cm³/mol. The predicted octanol–water partition coefficient (Wildman–Crippen LogP) is 3.10. The van der Waals surface area contributed by atoms with Crippen LogP contribution in [0.5, 0.6) is 0 Å². The van der Waals surface area contributed by atoms with Gasteiger partial charge in [-0.2, -0.15) is 0 Å². The Kier molecular flexibility index (Phi) is 3.65. The first kappa shape index (κ1) is 13.8. The molecule has 3 rings (SSSR count). The molecule has 1 saturated heterocycles. The van der Waals surface area contributed by atoms with Gasteiger partial charge in [0.15, 0.2) is 0 Å². The molecule has 5 heteroatoms. The van der Waals surface area contributed by atoms with E-state index in [1.165, 1.54) is 0 Å². The van der Waals surface area contributed by atoms with Gasteiger partial charge in [-0.3, -0.25) is 4.79 Å². The molecule has 1 unspecified atom stereocenters. The molecule has 0 radical (unpaired) electrons. The number of carbonyl (C=O) groups is 1. The Morgan fingerprint density at radius 2 is 2.30 bits per heavy atom. The molecular weight excluding hydrogens is 272 g/mol. The molecule has 108 valence electrons. The summed E-state index contributed by atoms with van der Waals surface area (Å²) in [6.45, 7) is 5.05. The van der Waals surface area contributed by atoms with Crippen molar-refractivity contribution >= 4 is 29.0 Å². The van der Waals surface area contributed by atoms with Crippen molar-refractivity contribution in [2.75, 3.05) is 23.0 Å². The lowest BCUT2D eigenvalue weighted by atomic mass is 9.94. The average Bonchev–Trinajstić information content (AvgIpc) is 2.37. The van der Waals surface area contributed by atoms with Crippen molar-refractivity contribution in [1.82, 2.24) is 0 Å². The Morgan fingerprint density at radius 1 is 1.45 bits per heavy atom. The molecule has 1 atom stereocenters. The summed E-state index contributed by atoms with van der Waals surface area (Å²) in [7, 11) is 0. The second-order valence-electron chi connectivity index (χ2n) is 5.99. The standard InChI is InChI=1S/C15H20N2O2S/c1-15(2)8-11(5-6-19-15)16-10-3-4-13-12(7-10)17-14(18)9-20-13/h3-4,7,11,16H,5-6,8-9H2,1-2H3,(H,17,18). The number of fused-ring (bicyclic) bond motifs is 1. The Balaban J connectivity index is 1.72. The average molecular weight is 292 g/mol. The summed E-state index contributed by atoms with van der Waals surface area (Å²) in [5, 5.41) is 6.49. The van der Waals surface area contributed by atoms with Gasteiger partial charge in [0.1, 0.15) is 0 Å². The van der Waals surface area contributed by atoms with Gasteiger partial charge in [-0.1, -0.05) is 0 Å². The molecule has 1 aromatic rings. The SMILES string of the molecule is CC1(C)CC(Nc2ccc3c(c2)NC(=O)CS3)CCO1. The summed E-state index contributed by atoms with van der Waals surface area (Å²) in [5.74, 6) is 0.584. The molecule has 0 spiro atoms. The van der Waals surface area contributed by atoms with Crippen LogP contribution in [0.1, 0.15) is 26.7 Å². The highest BCUT2D eigenvalue weighted by atomic mass is 32.2. The van der Waals surface area contributed by atoms with Crippen LogP contribution in [0.25, 0.3) is 0 Å². The van der Waals surface area contributed by atoms with Gasteiger partial charge in [-0.15, -0.1) is 11.8 Å². The van der Waals surface area contributed by atoms with Crippen LogP contribution in [0.4, 0.5) is 11.4 Å². The number of thioether (sulfide) groups is 1. The van der Waals surface area contributed by atoms with E-state index in [1.807, 2.05) is 6.07 Å². The summed E-state index contributed by atoms with van der Waals surface area (Å²) >= 11 is 1.59. The number of hydrogen-bond acceptors (Lipinski definition) is 4. The Hall–Kier alpha value is -1.20. The van der Waals surface area contributed by atoms with Gasteiger partial charge in [-0.25, -0.2) is 0 Å². The molecule has 2 aliphatic rings. The fourth-order valence-electron chi connectivity index (χ4n) is 2.76. The van der Waals surface area contributed by atoms with Crippen molar-refractivity contribution in [3.05, 3.63) is 18.2 Å². The molecule has 1 fully saturated rings. The molecule has 2 aliphatic heterocycles. The van der Waals surface area contributed by atoms with Gasteiger partial charge in [-0.05, 0) is 44.9 Å². The van der Waals surface area contributed by atoms with Crippen molar-refractivity contribution in [3.63, 3.8) is 0 Å². The first-order chi connectivity index (χ1) is 9.52. The van der Waals surface area contributed by atoms with Crippen molar-refractivity contribution in [2.45, 2.75) is 43.2 Å². The molecule has 0 aromatic heterocycles. The van der Waals surface area contributed by atoms with Crippen LogP contribution in [-0.4, -0.2) is 29.9 Å². The van der Waals surface area contributed by atoms with E-state index in [2.05, 4.69) is 36.6 Å². The van der Waals surface area contributed by atoms with E-state index in [0.717, 1.165) is 35.7 Å². The third-order valence-electron chi connectivity index (χ3n) is 3.68. The molecular formula is C15H20N2O2S. The van der Waals surface area contributed by atoms with E-state index in [9.17, 15) is 4.79 Å². The maximum Gasteiger partial charge on any atom is 0.234 e. The number of rotatable bonds is 2. The van der Waals surface area contributed by atoms with Crippen LogP contribution < -0.4 is 10.6 Å². The van der Waals surface area contributed by atoms with Crippen LogP contribution in [0.2, 0.25) is 0 Å². The van der Waals surface area contributed by atoms with E-state index in [4.69, 9.17) is 4.74 Å². The first-order valence-corrected chi connectivity index (χ1v) is 7.98. The smallest absolute Gasteiger partial charge is 0.234 e. The monoisotopic (exact) mass is 292 g/mol. The number of benzene rings is 1. The number of carbonyl (C=O) groups excluding carboxylic acids is 1. The molecule has 2 N–H and O–H groups in total. The molecule has 4 nitrogen and oxygen atoms in total. The fraction of sp³-hybridized carbons (Fsp3) is 0.533. The Morgan fingerprint density at radius 3 is 3.10 bits per heavy atom. The van der Waals surface area contributed by atoms with Crippen LogP contribution in [0.15, 0.2) is 23.1 Å². The van der Waals surface area contributed by atoms with Crippen molar-refractivity contribution in [2.24, 2.45) is 0 Å². The molecule has 0 saturated carbocycles. The lowest BCUT2D eigenvalue weighted by Gasteiger charge is -2.36. The minimum atomic E-state index is -0.0613. The topological polar surface area (TPSA) is 50.4 Å². The van der Waals surface area contributed by atoms with Gasteiger partial charge < -0.3 is 15.4 Å². The molecule has 20 heavy (non-hydrogen) atoms. The van der Waals surface area contributed by atoms with Crippen molar-refractivity contribution in [3.8, 4) is 0 Å². The van der Waals surface area contributed by atoms with Gasteiger partial charge in [0, 0.05) is 23.2 Å². The highest BCUT2D eigenvalue weighted by Gasteiger charge is 2.28. The number of hydrogen-bond donors (Lipinski definition) is 2. The molecule has 1 amide bonds. The van der Waals surface area contributed by atoms with E-state index >= 15 is 0 Å². The van der Waals surface area contributed by atoms with Gasteiger partial charge in [0.05, 0.1) is 17.0 Å². The lowest BCUT2D eigenvalue weighted by molar-refractivity contribution is -0.113. The largest absolute Gasteiger partial charge is 0.382 e. The third kappa shape index (κ3) is 3.10. The minimum Gasteiger partial charge on any atom is -0.382 e. The Labute approximate surface area is 123 Å². The van der Waals surface area contributed by atoms with Crippen molar-refractivity contribution in [1.29, 1.82) is 0 Å². The zero-order valence-electron chi connectivity index (χ0n) is 11.9. The first-order valence-electron chi connectivity index (χ1n) is 6.99. The molecule has 0 bridgehead atoms. The van der Waals surface area contributed by atoms with Gasteiger partial charge in [0.2, 0.25) is 5.91 Å². The number of ether oxygens (including phenoxy) is 1. The maximum absolute atomic E-state index is 11.4. The van der Waals surface area contributed by atoms with Crippen LogP contribution in [0, 0.1) is 0 Å². The van der Waals surface area contributed by atoms with E-state index in [0.29, 0.717) is 11.8 Å². The number of nitrogens with one attached hydrogen (secondary N) is 2. The zero-order chi connectivity index (χ0) is 14.2. The van der Waals surface area contributed by atoms with Gasteiger partial charge >= 0.3 is 0 Å². The van der Waals surface area contributed by atoms with E-state index < -0.39 is 0 Å². The molecule has 1 aromatic carbocycles. The summed E-state index contributed by atoms with van der Waals surface area (Å²) < 4.78 is 5.74. The maximum atomic E-state index is 11.4. The minimum absolute atomic E-state index is 0.0613. The molecule has 0 aliphatic carbocycles. The van der Waals surface area contributed by atoms with E-state index in [-0.39, 0.29) is 11.5 Å². The molecule has 2 heterocycles. The Bertz CT molecular complexity index is 531. The number of amides is 1. The normalized spacial score (nSPS) is 24.7.